The number of rotatable bonds is 6. The molecule has 0 saturated heterocycles. The molecule has 1 N–H and O–H groups in total. The smallest absolute Gasteiger partial charge is 0.303 e. The van der Waals surface area contributed by atoms with Crippen LogP contribution in [-0.4, -0.2) is 17.4 Å². The lowest BCUT2D eigenvalue weighted by atomic mass is 10.0. The Kier molecular flexibility index (Phi) is 5.85. The fourth-order valence-electron chi connectivity index (χ4n) is 1.04. The van der Waals surface area contributed by atoms with Crippen LogP contribution < -0.4 is 0 Å². The quantitative estimate of drug-likeness (QED) is 0.507. The van der Waals surface area contributed by atoms with Crippen LogP contribution in [0.25, 0.3) is 0 Å². The minimum Gasteiger partial charge on any atom is -0.481 e. The van der Waals surface area contributed by atoms with Gasteiger partial charge in [0.15, 0.2) is 0 Å². The third-order valence-electron chi connectivity index (χ3n) is 1.83. The van der Waals surface area contributed by atoms with Gasteiger partial charge >= 0.3 is 5.97 Å². The molecule has 74 valence electrons. The summed E-state index contributed by atoms with van der Waals surface area (Å²) in [6.45, 7) is 3.65. The number of allylic oxidation sites excluding steroid dienone is 2. The summed E-state index contributed by atoms with van der Waals surface area (Å²) in [5.41, 5.74) is 0.711. The topological polar surface area (TPSA) is 54.4 Å². The summed E-state index contributed by atoms with van der Waals surface area (Å²) in [5, 5.41) is 8.47. The van der Waals surface area contributed by atoms with Gasteiger partial charge < -0.3 is 5.11 Å². The minimum absolute atomic E-state index is 0.174. The molecule has 0 saturated carbocycles. The molecule has 1 atom stereocenters. The Morgan fingerprint density at radius 2 is 2.15 bits per heavy atom. The van der Waals surface area contributed by atoms with Crippen molar-refractivity contribution in [2.75, 3.05) is 0 Å². The van der Waals surface area contributed by atoms with Crippen molar-refractivity contribution < 1.29 is 14.7 Å². The Morgan fingerprint density at radius 1 is 1.54 bits per heavy atom. The molecule has 0 aromatic carbocycles. The van der Waals surface area contributed by atoms with Crippen molar-refractivity contribution in [3.8, 4) is 0 Å². The monoisotopic (exact) mass is 184 g/mol. The first-order valence-electron chi connectivity index (χ1n) is 4.40. The van der Waals surface area contributed by atoms with Gasteiger partial charge in [-0.15, -0.1) is 0 Å². The predicted molar refractivity (Wildman–Crippen MR) is 50.5 cm³/mol. The largest absolute Gasteiger partial charge is 0.481 e. The predicted octanol–water partition coefficient (Wildman–Crippen LogP) is 2.02. The number of aldehydes is 1. The highest BCUT2D eigenvalue weighted by Gasteiger charge is 2.05. The van der Waals surface area contributed by atoms with Crippen LogP contribution in [0.15, 0.2) is 11.6 Å². The second-order valence-corrected chi connectivity index (χ2v) is 3.35. The molecule has 0 aromatic heterocycles. The van der Waals surface area contributed by atoms with E-state index in [-0.39, 0.29) is 12.3 Å². The Bertz CT molecular complexity index is 206. The van der Waals surface area contributed by atoms with Gasteiger partial charge in [0.1, 0.15) is 6.29 Å². The van der Waals surface area contributed by atoms with Crippen LogP contribution in [-0.2, 0) is 9.59 Å². The van der Waals surface area contributed by atoms with E-state index >= 15 is 0 Å². The Morgan fingerprint density at radius 3 is 2.62 bits per heavy atom. The van der Waals surface area contributed by atoms with Crippen LogP contribution in [0.3, 0.4) is 0 Å². The number of hydrogen-bond donors (Lipinski definition) is 1. The van der Waals surface area contributed by atoms with Gasteiger partial charge in [0.2, 0.25) is 0 Å². The first-order valence-corrected chi connectivity index (χ1v) is 4.40. The summed E-state index contributed by atoms with van der Waals surface area (Å²) in [7, 11) is 0. The van der Waals surface area contributed by atoms with Gasteiger partial charge in [-0.3, -0.25) is 9.59 Å². The molecule has 0 radical (unpaired) electrons. The highest BCUT2D eigenvalue weighted by atomic mass is 16.4. The van der Waals surface area contributed by atoms with Crippen molar-refractivity contribution in [2.45, 2.75) is 33.1 Å². The molecule has 0 aliphatic rings. The number of carbonyl (C=O) groups is 2. The fourth-order valence-corrected chi connectivity index (χ4v) is 1.04. The highest BCUT2D eigenvalue weighted by molar-refractivity contribution is 5.71. The maximum absolute atomic E-state index is 10.3. The van der Waals surface area contributed by atoms with Crippen molar-refractivity contribution in [2.24, 2.45) is 5.92 Å². The van der Waals surface area contributed by atoms with Crippen LogP contribution in [0.4, 0.5) is 0 Å². The van der Waals surface area contributed by atoms with Gasteiger partial charge in [-0.25, -0.2) is 0 Å². The molecule has 0 aliphatic carbocycles. The van der Waals surface area contributed by atoms with E-state index < -0.39 is 5.97 Å². The molecule has 3 nitrogen and oxygen atoms in total. The molecule has 1 unspecified atom stereocenters. The van der Waals surface area contributed by atoms with Gasteiger partial charge in [0.05, 0.1) is 0 Å². The average molecular weight is 184 g/mol. The fraction of sp³-hybridized carbons (Fsp3) is 0.600. The first kappa shape index (κ1) is 11.9. The van der Waals surface area contributed by atoms with Gasteiger partial charge in [-0.1, -0.05) is 13.0 Å². The van der Waals surface area contributed by atoms with E-state index in [4.69, 9.17) is 5.11 Å². The molecular weight excluding hydrogens is 168 g/mol. The van der Waals surface area contributed by atoms with Crippen molar-refractivity contribution in [1.82, 2.24) is 0 Å². The van der Waals surface area contributed by atoms with E-state index in [2.05, 4.69) is 0 Å². The van der Waals surface area contributed by atoms with Crippen LogP contribution in [0, 0.1) is 5.92 Å². The number of carboxylic acid groups (broad SMARTS) is 1. The second kappa shape index (κ2) is 6.40. The van der Waals surface area contributed by atoms with E-state index in [0.717, 1.165) is 19.1 Å². The van der Waals surface area contributed by atoms with Crippen LogP contribution >= 0.6 is 0 Å². The zero-order chi connectivity index (χ0) is 10.3. The van der Waals surface area contributed by atoms with Crippen molar-refractivity contribution >= 4 is 12.3 Å². The SMILES string of the molecule is C/C(C=O)=C\CCC(C)CC(=O)O. The zero-order valence-electron chi connectivity index (χ0n) is 8.12. The normalized spacial score (nSPS) is 13.8. The third-order valence-corrected chi connectivity index (χ3v) is 1.83. The number of carboxylic acids is 1. The maximum Gasteiger partial charge on any atom is 0.303 e. The van der Waals surface area contributed by atoms with E-state index in [1.165, 1.54) is 0 Å². The lowest BCUT2D eigenvalue weighted by molar-refractivity contribution is -0.138. The van der Waals surface area contributed by atoms with E-state index in [0.29, 0.717) is 5.57 Å². The molecule has 3 heteroatoms. The van der Waals surface area contributed by atoms with E-state index in [1.807, 2.05) is 13.0 Å². The molecule has 0 spiro atoms. The molecule has 0 heterocycles. The molecule has 0 amide bonds. The van der Waals surface area contributed by atoms with E-state index in [1.54, 1.807) is 6.92 Å². The van der Waals surface area contributed by atoms with Crippen LogP contribution in [0.5, 0.6) is 0 Å². The number of aliphatic carboxylic acids is 1. The maximum atomic E-state index is 10.3. The third kappa shape index (κ3) is 7.25. The lowest BCUT2D eigenvalue weighted by Gasteiger charge is -2.05. The minimum atomic E-state index is -0.761. The summed E-state index contributed by atoms with van der Waals surface area (Å²) in [5.74, 6) is -0.586. The van der Waals surface area contributed by atoms with Gasteiger partial charge in [-0.05, 0) is 31.3 Å². The summed E-state index contributed by atoms with van der Waals surface area (Å²) < 4.78 is 0. The zero-order valence-corrected chi connectivity index (χ0v) is 8.12. The van der Waals surface area contributed by atoms with Crippen LogP contribution in [0.2, 0.25) is 0 Å². The molecule has 0 aromatic rings. The highest BCUT2D eigenvalue weighted by Crippen LogP contribution is 2.11. The summed E-state index contributed by atoms with van der Waals surface area (Å²) in [6.07, 6.45) is 4.44. The second-order valence-electron chi connectivity index (χ2n) is 3.35. The van der Waals surface area contributed by atoms with Crippen molar-refractivity contribution in [1.29, 1.82) is 0 Å². The summed E-state index contributed by atoms with van der Waals surface area (Å²) in [4.78, 5) is 20.5. The Hall–Kier alpha value is -1.12. The number of carbonyl (C=O) groups excluding carboxylic acids is 1. The molecule has 0 bridgehead atoms. The van der Waals surface area contributed by atoms with Gasteiger partial charge in [-0.2, -0.15) is 0 Å². The number of hydrogen-bond acceptors (Lipinski definition) is 2. The molecule has 0 rings (SSSR count). The average Bonchev–Trinajstić information content (AvgIpc) is 2.02. The molecule has 0 aliphatic heterocycles. The standard InChI is InChI=1S/C10H16O3/c1-8(6-10(12)13)4-3-5-9(2)7-11/h5,7-8H,3-4,6H2,1-2H3,(H,12,13)/b9-5+. The van der Waals surface area contributed by atoms with Crippen LogP contribution in [0.1, 0.15) is 33.1 Å². The summed E-state index contributed by atoms with van der Waals surface area (Å²) in [6, 6.07) is 0. The first-order chi connectivity index (χ1) is 6.06. The molecule has 13 heavy (non-hydrogen) atoms. The Labute approximate surface area is 78.5 Å². The Balaban J connectivity index is 3.64. The van der Waals surface area contributed by atoms with Gasteiger partial charge in [0, 0.05) is 6.42 Å². The lowest BCUT2D eigenvalue weighted by Crippen LogP contribution is -2.03. The molecule has 0 fully saturated rings. The van der Waals surface area contributed by atoms with Crippen molar-refractivity contribution in [3.63, 3.8) is 0 Å². The molecular formula is C10H16O3. The van der Waals surface area contributed by atoms with Crippen molar-refractivity contribution in [3.05, 3.63) is 11.6 Å². The van der Waals surface area contributed by atoms with E-state index in [9.17, 15) is 9.59 Å². The summed E-state index contributed by atoms with van der Waals surface area (Å²) >= 11 is 0. The van der Waals surface area contributed by atoms with Gasteiger partial charge in [0.25, 0.3) is 0 Å².